The van der Waals surface area contributed by atoms with Gasteiger partial charge in [0.15, 0.2) is 13.7 Å². The summed E-state index contributed by atoms with van der Waals surface area (Å²) in [5, 5.41) is 0.800. The van der Waals surface area contributed by atoms with Crippen LogP contribution in [-0.2, 0) is 10.8 Å². The van der Waals surface area contributed by atoms with Crippen molar-refractivity contribution in [2.45, 2.75) is 90.5 Å². The molecule has 0 aliphatic heterocycles. The number of hydrogen-bond acceptors (Lipinski definition) is 3. The molecule has 0 N–H and O–H groups in total. The first-order valence-electron chi connectivity index (χ1n) is 13.2. The Bertz CT molecular complexity index is 1270. The van der Waals surface area contributed by atoms with Gasteiger partial charge < -0.3 is 8.99 Å². The molecule has 0 radical (unpaired) electrons. The first-order chi connectivity index (χ1) is 16.8. The van der Waals surface area contributed by atoms with E-state index in [1.807, 2.05) is 16.8 Å². The topological polar surface area (TPSA) is 44.1 Å². The molecule has 0 spiro atoms. The van der Waals surface area contributed by atoms with E-state index in [4.69, 9.17) is 4.43 Å². The number of nitrogens with zero attached hydrogens (tertiary/aromatic N) is 2. The van der Waals surface area contributed by atoms with E-state index in [9.17, 15) is 9.18 Å². The summed E-state index contributed by atoms with van der Waals surface area (Å²) < 4.78 is 22.4. The van der Waals surface area contributed by atoms with Gasteiger partial charge in [-0.3, -0.25) is 4.79 Å². The van der Waals surface area contributed by atoms with Gasteiger partial charge in [0.25, 0.3) is 0 Å². The highest BCUT2D eigenvalue weighted by molar-refractivity contribution is 6.74. The molecule has 1 fully saturated rings. The highest BCUT2D eigenvalue weighted by Crippen LogP contribution is 2.44. The summed E-state index contributed by atoms with van der Waals surface area (Å²) in [4.78, 5) is 17.9. The van der Waals surface area contributed by atoms with Crippen LogP contribution in [-0.4, -0.2) is 23.5 Å². The van der Waals surface area contributed by atoms with Crippen molar-refractivity contribution in [2.24, 2.45) is 11.8 Å². The summed E-state index contributed by atoms with van der Waals surface area (Å²) in [6, 6.07) is 9.98. The minimum Gasteiger partial charge on any atom is -0.412 e. The van der Waals surface area contributed by atoms with E-state index in [0.717, 1.165) is 43.4 Å². The predicted molar refractivity (Wildman–Crippen MR) is 149 cm³/mol. The molecule has 0 bridgehead atoms. The molecule has 36 heavy (non-hydrogen) atoms. The van der Waals surface area contributed by atoms with Crippen LogP contribution >= 0.6 is 0 Å². The Morgan fingerprint density at radius 1 is 1.03 bits per heavy atom. The molecule has 4 nitrogen and oxygen atoms in total. The third kappa shape index (κ3) is 5.50. The number of benzene rings is 1. The largest absolute Gasteiger partial charge is 0.412 e. The van der Waals surface area contributed by atoms with Crippen molar-refractivity contribution in [3.05, 3.63) is 70.4 Å². The highest BCUT2D eigenvalue weighted by atomic mass is 28.4. The number of fused-ring (bicyclic) bond motifs is 1. The van der Waals surface area contributed by atoms with E-state index in [1.165, 1.54) is 12.1 Å². The smallest absolute Gasteiger partial charge is 0.194 e. The molecule has 0 saturated heterocycles. The maximum Gasteiger partial charge on any atom is 0.194 e. The van der Waals surface area contributed by atoms with Gasteiger partial charge in [0.05, 0.1) is 11.0 Å². The Balaban J connectivity index is 1.53. The summed E-state index contributed by atoms with van der Waals surface area (Å²) in [6.07, 6.45) is 8.78. The van der Waals surface area contributed by atoms with E-state index >= 15 is 0 Å². The zero-order valence-electron chi connectivity index (χ0n) is 22.9. The molecule has 194 valence electrons. The SMILES string of the molecule is CC(C)(O[Si](C)(C)C(C)(C)C)C1CCC(Cc2cn(-c3ccc(F)cc3)c3ncccc3c2=O)CC1. The van der Waals surface area contributed by atoms with Crippen molar-refractivity contribution in [2.75, 3.05) is 0 Å². The number of hydrogen-bond donors (Lipinski definition) is 0. The van der Waals surface area contributed by atoms with Crippen LogP contribution in [0.4, 0.5) is 4.39 Å². The van der Waals surface area contributed by atoms with Crippen LogP contribution in [0.15, 0.2) is 53.6 Å². The molecular weight excluding hydrogens is 467 g/mol. The quantitative estimate of drug-likeness (QED) is 0.321. The molecular formula is C30H41FN2O2Si. The van der Waals surface area contributed by atoms with Gasteiger partial charge in [-0.1, -0.05) is 20.8 Å². The van der Waals surface area contributed by atoms with E-state index in [2.05, 4.69) is 52.7 Å². The van der Waals surface area contributed by atoms with Crippen molar-refractivity contribution in [3.8, 4) is 5.69 Å². The lowest BCUT2D eigenvalue weighted by molar-refractivity contribution is 0.00548. The van der Waals surface area contributed by atoms with Crippen molar-refractivity contribution < 1.29 is 8.82 Å². The second-order valence-corrected chi connectivity index (χ2v) is 17.3. The van der Waals surface area contributed by atoms with Crippen LogP contribution in [0, 0.1) is 17.7 Å². The number of aromatic nitrogens is 2. The summed E-state index contributed by atoms with van der Waals surface area (Å²) in [5.41, 5.74) is 2.12. The maximum absolute atomic E-state index is 13.6. The van der Waals surface area contributed by atoms with E-state index < -0.39 is 8.32 Å². The molecule has 3 aromatic rings. The third-order valence-electron chi connectivity index (χ3n) is 8.60. The van der Waals surface area contributed by atoms with Crippen LogP contribution in [0.2, 0.25) is 18.1 Å². The van der Waals surface area contributed by atoms with Crippen molar-refractivity contribution in [3.63, 3.8) is 0 Å². The number of pyridine rings is 2. The van der Waals surface area contributed by atoms with Crippen LogP contribution in [0.1, 0.15) is 65.9 Å². The fourth-order valence-corrected chi connectivity index (χ4v) is 7.21. The van der Waals surface area contributed by atoms with Crippen molar-refractivity contribution in [1.82, 2.24) is 9.55 Å². The van der Waals surface area contributed by atoms with E-state index in [-0.39, 0.29) is 21.9 Å². The summed E-state index contributed by atoms with van der Waals surface area (Å²) in [6.45, 7) is 16.1. The van der Waals surface area contributed by atoms with Crippen LogP contribution < -0.4 is 5.43 Å². The summed E-state index contributed by atoms with van der Waals surface area (Å²) >= 11 is 0. The minimum absolute atomic E-state index is 0.0557. The van der Waals surface area contributed by atoms with E-state index in [1.54, 1.807) is 24.4 Å². The predicted octanol–water partition coefficient (Wildman–Crippen LogP) is 7.67. The third-order valence-corrected chi connectivity index (χ3v) is 13.3. The first kappa shape index (κ1) is 26.7. The molecule has 4 rings (SSSR count). The van der Waals surface area contributed by atoms with Crippen molar-refractivity contribution >= 4 is 19.4 Å². The Morgan fingerprint density at radius 3 is 2.28 bits per heavy atom. The minimum atomic E-state index is -1.85. The molecule has 0 atom stereocenters. The van der Waals surface area contributed by atoms with Gasteiger partial charge in [0, 0.05) is 23.6 Å². The lowest BCUT2D eigenvalue weighted by atomic mass is 9.73. The normalized spacial score (nSPS) is 19.6. The molecule has 2 heterocycles. The van der Waals surface area contributed by atoms with Gasteiger partial charge in [-0.25, -0.2) is 9.37 Å². The van der Waals surface area contributed by atoms with Gasteiger partial charge in [0.2, 0.25) is 0 Å². The fraction of sp³-hybridized carbons (Fsp3) is 0.533. The monoisotopic (exact) mass is 508 g/mol. The fourth-order valence-electron chi connectivity index (χ4n) is 5.43. The first-order valence-corrected chi connectivity index (χ1v) is 16.1. The van der Waals surface area contributed by atoms with Gasteiger partial charge in [0.1, 0.15) is 11.5 Å². The summed E-state index contributed by atoms with van der Waals surface area (Å²) in [7, 11) is -1.85. The molecule has 1 aliphatic rings. The van der Waals surface area contributed by atoms with Gasteiger partial charge >= 0.3 is 0 Å². The van der Waals surface area contributed by atoms with Gasteiger partial charge in [-0.05, 0) is 112 Å². The van der Waals surface area contributed by atoms with Gasteiger partial charge in [-0.15, -0.1) is 0 Å². The average Bonchev–Trinajstić information content (AvgIpc) is 2.80. The van der Waals surface area contributed by atoms with Crippen LogP contribution in [0.5, 0.6) is 0 Å². The van der Waals surface area contributed by atoms with Crippen LogP contribution in [0.25, 0.3) is 16.7 Å². The van der Waals surface area contributed by atoms with Crippen molar-refractivity contribution in [1.29, 1.82) is 0 Å². The molecule has 2 aromatic heterocycles. The average molecular weight is 509 g/mol. The lowest BCUT2D eigenvalue weighted by Crippen LogP contribution is -2.50. The second kappa shape index (κ2) is 9.86. The Hall–Kier alpha value is -2.31. The molecule has 6 heteroatoms. The number of halogens is 1. The molecule has 1 aromatic carbocycles. The maximum atomic E-state index is 13.6. The number of rotatable bonds is 6. The zero-order chi connectivity index (χ0) is 26.3. The molecule has 1 saturated carbocycles. The molecule has 0 amide bonds. The zero-order valence-corrected chi connectivity index (χ0v) is 23.9. The highest BCUT2D eigenvalue weighted by Gasteiger charge is 2.44. The van der Waals surface area contributed by atoms with E-state index in [0.29, 0.717) is 22.9 Å². The Labute approximate surface area is 216 Å². The van der Waals surface area contributed by atoms with Crippen LogP contribution in [0.3, 0.4) is 0 Å². The van der Waals surface area contributed by atoms with Gasteiger partial charge in [-0.2, -0.15) is 0 Å². The second-order valence-electron chi connectivity index (χ2n) is 12.6. The molecule has 0 unspecified atom stereocenters. The Morgan fingerprint density at radius 2 is 1.67 bits per heavy atom. The summed E-state index contributed by atoms with van der Waals surface area (Å²) in [5.74, 6) is 0.711. The molecule has 1 aliphatic carbocycles. The standard InChI is InChI=1S/C30H41FN2O2Si/c1-29(2,3)36(6,7)35-30(4,5)23-12-10-21(11-13-23)19-22-20-33(25-16-14-24(31)15-17-25)28-26(27(22)34)9-8-18-32-28/h8-9,14-18,20-21,23H,10-13,19H2,1-7H3. The lowest BCUT2D eigenvalue weighted by Gasteiger charge is -2.47. The Kier molecular flexibility index (Phi) is 7.33.